The second-order valence-electron chi connectivity index (χ2n) is 22.3. The van der Waals surface area contributed by atoms with E-state index in [4.69, 9.17) is 8.83 Å². The Hall–Kier alpha value is -7.62. The Labute approximate surface area is 410 Å². The molecule has 9 aromatic carbocycles. The maximum atomic E-state index is 7.00. The SMILES string of the molecule is Cc1cccc(-c2cc3c(c4c2oc2ccccc24)-c2ccc(N(c4ccc5c(c4)C(C)(C)c4c6c(c7oc8ccccc8c7c4-5)-c4ccccc4C6(C)C)c4c(C)cc(C)cc4C)cc2C3(C)C)c1. The van der Waals surface area contributed by atoms with Gasteiger partial charge in [-0.25, -0.2) is 0 Å². The average Bonchev–Trinajstić information content (AvgIpc) is 4.09. The van der Waals surface area contributed by atoms with E-state index in [0.717, 1.165) is 44.7 Å². The van der Waals surface area contributed by atoms with Gasteiger partial charge in [-0.2, -0.15) is 0 Å². The molecule has 2 aromatic heterocycles. The number of aryl methyl sites for hydroxylation is 4. The zero-order valence-corrected chi connectivity index (χ0v) is 41.7. The molecule has 0 fully saturated rings. The number of nitrogens with zero attached hydrogens (tertiary/aromatic N) is 1. The predicted octanol–water partition coefficient (Wildman–Crippen LogP) is 18.8. The monoisotopic (exact) mass is 905 g/mol. The first-order valence-electron chi connectivity index (χ1n) is 25.0. The molecule has 3 aliphatic rings. The first-order chi connectivity index (χ1) is 33.6. The van der Waals surface area contributed by atoms with E-state index in [9.17, 15) is 0 Å². The van der Waals surface area contributed by atoms with Crippen LogP contribution >= 0.6 is 0 Å². The maximum absolute atomic E-state index is 7.00. The molecule has 14 rings (SSSR count). The number of anilines is 3. The summed E-state index contributed by atoms with van der Waals surface area (Å²) >= 11 is 0. The third kappa shape index (κ3) is 5.25. The minimum Gasteiger partial charge on any atom is -0.455 e. The summed E-state index contributed by atoms with van der Waals surface area (Å²) in [5, 5.41) is 4.75. The lowest BCUT2D eigenvalue weighted by Gasteiger charge is -2.33. The van der Waals surface area contributed by atoms with Gasteiger partial charge >= 0.3 is 0 Å². The molecule has 3 nitrogen and oxygen atoms in total. The molecule has 70 heavy (non-hydrogen) atoms. The normalized spacial score (nSPS) is 15.3. The van der Waals surface area contributed by atoms with E-state index in [1.807, 2.05) is 0 Å². The van der Waals surface area contributed by atoms with Crippen LogP contribution in [0.25, 0.3) is 88.4 Å². The van der Waals surface area contributed by atoms with Crippen molar-refractivity contribution in [3.05, 3.63) is 207 Å². The van der Waals surface area contributed by atoms with Crippen molar-refractivity contribution in [3.63, 3.8) is 0 Å². The van der Waals surface area contributed by atoms with E-state index < -0.39 is 0 Å². The molecule has 0 saturated carbocycles. The van der Waals surface area contributed by atoms with Crippen molar-refractivity contribution in [2.45, 2.75) is 85.5 Å². The van der Waals surface area contributed by atoms with E-state index in [1.165, 1.54) is 116 Å². The first kappa shape index (κ1) is 41.4. The van der Waals surface area contributed by atoms with Gasteiger partial charge in [-0.05, 0) is 148 Å². The fourth-order valence-corrected chi connectivity index (χ4v) is 13.8. The van der Waals surface area contributed by atoms with Gasteiger partial charge in [0, 0.05) is 60.3 Å². The molecule has 0 bridgehead atoms. The predicted molar refractivity (Wildman–Crippen MR) is 293 cm³/mol. The van der Waals surface area contributed by atoms with Crippen molar-refractivity contribution in [2.75, 3.05) is 4.90 Å². The number of hydrogen-bond donors (Lipinski definition) is 0. The fraction of sp³-hybridized carbons (Fsp3) is 0.194. The van der Waals surface area contributed by atoms with Crippen molar-refractivity contribution < 1.29 is 8.83 Å². The average molecular weight is 906 g/mol. The van der Waals surface area contributed by atoms with E-state index in [2.05, 4.69) is 226 Å². The van der Waals surface area contributed by atoms with Crippen LogP contribution in [0.2, 0.25) is 0 Å². The Morgan fingerprint density at radius 3 is 1.60 bits per heavy atom. The molecule has 0 amide bonds. The van der Waals surface area contributed by atoms with E-state index >= 15 is 0 Å². The highest BCUT2D eigenvalue weighted by Gasteiger charge is 2.49. The van der Waals surface area contributed by atoms with Crippen LogP contribution in [0.3, 0.4) is 0 Å². The van der Waals surface area contributed by atoms with Gasteiger partial charge in [0.15, 0.2) is 0 Å². The lowest BCUT2D eigenvalue weighted by Crippen LogP contribution is -2.24. The topological polar surface area (TPSA) is 29.5 Å². The number of hydrogen-bond acceptors (Lipinski definition) is 3. The van der Waals surface area contributed by atoms with Crippen molar-refractivity contribution in [1.82, 2.24) is 0 Å². The molecule has 0 N–H and O–H groups in total. The van der Waals surface area contributed by atoms with Crippen LogP contribution in [0.4, 0.5) is 17.1 Å². The molecular weight excluding hydrogens is 851 g/mol. The highest BCUT2D eigenvalue weighted by atomic mass is 16.3. The quantitative estimate of drug-likeness (QED) is 0.176. The van der Waals surface area contributed by atoms with Crippen LogP contribution in [0, 0.1) is 27.7 Å². The number of rotatable bonds is 4. The van der Waals surface area contributed by atoms with Gasteiger partial charge in [-0.15, -0.1) is 0 Å². The second-order valence-corrected chi connectivity index (χ2v) is 22.3. The van der Waals surface area contributed by atoms with Crippen LogP contribution < -0.4 is 4.90 Å². The number of para-hydroxylation sites is 2. The maximum Gasteiger partial charge on any atom is 0.144 e. The van der Waals surface area contributed by atoms with Crippen LogP contribution in [-0.2, 0) is 16.2 Å². The minimum atomic E-state index is -0.324. The van der Waals surface area contributed by atoms with E-state index in [-0.39, 0.29) is 16.2 Å². The molecule has 0 spiro atoms. The molecule has 0 unspecified atom stereocenters. The number of furan rings is 2. The van der Waals surface area contributed by atoms with Crippen LogP contribution in [0.5, 0.6) is 0 Å². The molecule has 2 heterocycles. The summed E-state index contributed by atoms with van der Waals surface area (Å²) in [5.41, 5.74) is 29.7. The minimum absolute atomic E-state index is 0.225. The molecule has 0 atom stereocenters. The Bertz CT molecular complexity index is 4120. The van der Waals surface area contributed by atoms with Crippen LogP contribution in [0.1, 0.15) is 97.2 Å². The Morgan fingerprint density at radius 1 is 0.386 bits per heavy atom. The zero-order chi connectivity index (χ0) is 47.9. The summed E-state index contributed by atoms with van der Waals surface area (Å²) in [4.78, 5) is 2.55. The largest absolute Gasteiger partial charge is 0.455 e. The second kappa shape index (κ2) is 13.8. The van der Waals surface area contributed by atoms with Gasteiger partial charge in [0.25, 0.3) is 0 Å². The van der Waals surface area contributed by atoms with Crippen molar-refractivity contribution in [1.29, 1.82) is 0 Å². The third-order valence-corrected chi connectivity index (χ3v) is 16.9. The Balaban J connectivity index is 1.00. The van der Waals surface area contributed by atoms with Gasteiger partial charge in [0.05, 0.1) is 5.69 Å². The van der Waals surface area contributed by atoms with E-state index in [0.29, 0.717) is 0 Å². The standard InChI is InChI=1S/C67H55NO2/c1-36-18-17-19-40(32-36)48-35-52-55(57-46-21-12-15-24-53(46)69-63(48)57)44-28-26-41(33-50(44)65(52,5)6)68(62-38(3)30-37(2)31-39(62)4)42-27-29-45-51(34-42)67(9,10)60-56(45)58-47-22-13-16-25-54(47)70-64(58)59-43-20-11-14-23-49(43)66(7,8)61(59)60/h11-35H,1-10H3. The summed E-state index contributed by atoms with van der Waals surface area (Å²) < 4.78 is 13.9. The smallest absolute Gasteiger partial charge is 0.144 e. The highest BCUT2D eigenvalue weighted by molar-refractivity contribution is 6.21. The van der Waals surface area contributed by atoms with Crippen molar-refractivity contribution >= 4 is 60.9 Å². The van der Waals surface area contributed by atoms with E-state index in [1.54, 1.807) is 0 Å². The van der Waals surface area contributed by atoms with Crippen molar-refractivity contribution in [3.8, 4) is 44.5 Å². The Kier molecular flexibility index (Phi) is 8.15. The molecule has 0 aliphatic heterocycles. The molecule has 0 radical (unpaired) electrons. The van der Waals surface area contributed by atoms with Gasteiger partial charge in [0.1, 0.15) is 22.3 Å². The summed E-state index contributed by atoms with van der Waals surface area (Å²) in [6.45, 7) is 23.5. The molecule has 3 heteroatoms. The number of fused-ring (bicyclic) bond motifs is 19. The van der Waals surface area contributed by atoms with Crippen LogP contribution in [0.15, 0.2) is 160 Å². The molecular formula is C67H55NO2. The highest BCUT2D eigenvalue weighted by Crippen LogP contribution is 2.64. The number of benzene rings is 9. The van der Waals surface area contributed by atoms with Gasteiger partial charge in [0.2, 0.25) is 0 Å². The first-order valence-corrected chi connectivity index (χ1v) is 25.0. The molecule has 0 saturated heterocycles. The fourth-order valence-electron chi connectivity index (χ4n) is 13.8. The van der Waals surface area contributed by atoms with Crippen LogP contribution in [-0.4, -0.2) is 0 Å². The molecule has 340 valence electrons. The Morgan fingerprint density at radius 2 is 0.929 bits per heavy atom. The lowest BCUT2D eigenvalue weighted by molar-refractivity contribution is 0.600. The van der Waals surface area contributed by atoms with Crippen molar-refractivity contribution in [2.24, 2.45) is 0 Å². The van der Waals surface area contributed by atoms with Gasteiger partial charge in [-0.3, -0.25) is 0 Å². The molecule has 11 aromatic rings. The third-order valence-electron chi connectivity index (χ3n) is 16.9. The summed E-state index contributed by atoms with van der Waals surface area (Å²) in [6, 6.07) is 56.7. The van der Waals surface area contributed by atoms with Gasteiger partial charge in [-0.1, -0.05) is 162 Å². The van der Waals surface area contributed by atoms with Gasteiger partial charge < -0.3 is 13.7 Å². The summed E-state index contributed by atoms with van der Waals surface area (Å²) in [6.07, 6.45) is 0. The molecule has 3 aliphatic carbocycles. The zero-order valence-electron chi connectivity index (χ0n) is 41.7. The lowest BCUT2D eigenvalue weighted by atomic mass is 9.72. The summed E-state index contributed by atoms with van der Waals surface area (Å²) in [5.74, 6) is 0. The summed E-state index contributed by atoms with van der Waals surface area (Å²) in [7, 11) is 0.